The lowest BCUT2D eigenvalue weighted by Crippen LogP contribution is -2.77. The fourth-order valence-electron chi connectivity index (χ4n) is 31.4. The van der Waals surface area contributed by atoms with E-state index in [9.17, 15) is 71.2 Å². The molecule has 0 saturated carbocycles. The maximum atomic E-state index is 12.9. The zero-order valence-corrected chi connectivity index (χ0v) is 85.7. The number of aliphatic hydroxyl groups excluding tert-OH is 13. The van der Waals surface area contributed by atoms with Crippen molar-refractivity contribution in [3.8, 4) is 0 Å². The number of fused-ring (bicyclic) bond motifs is 20. The summed E-state index contributed by atoms with van der Waals surface area (Å²) in [5.41, 5.74) is -9.26. The summed E-state index contributed by atoms with van der Waals surface area (Å²) < 4.78 is 167. The molecule has 22 fully saturated rings. The van der Waals surface area contributed by atoms with Crippen LogP contribution in [0.3, 0.4) is 0 Å². The molecule has 0 aromatic rings. The van der Waals surface area contributed by atoms with Crippen LogP contribution in [0.2, 0.25) is 0 Å². The van der Waals surface area contributed by atoms with Crippen LogP contribution in [-0.2, 0) is 118 Å². The van der Waals surface area contributed by atoms with Gasteiger partial charge in [-0.1, -0.05) is 37.3 Å². The van der Waals surface area contributed by atoms with E-state index >= 15 is 0 Å². The van der Waals surface area contributed by atoms with E-state index in [0.29, 0.717) is 121 Å². The molecule has 22 saturated heterocycles. The van der Waals surface area contributed by atoms with Crippen molar-refractivity contribution in [2.24, 2.45) is 5.92 Å². The fourth-order valence-corrected chi connectivity index (χ4v) is 31.4. The summed E-state index contributed by atoms with van der Waals surface area (Å²) in [7, 11) is 0. The van der Waals surface area contributed by atoms with Crippen molar-refractivity contribution in [2.75, 3.05) is 0 Å². The summed E-state index contributed by atoms with van der Waals surface area (Å²) in [6, 6.07) is 0. The van der Waals surface area contributed by atoms with E-state index < -0.39 is 337 Å². The lowest BCUT2D eigenvalue weighted by atomic mass is 9.68. The summed E-state index contributed by atoms with van der Waals surface area (Å²) in [6.07, 6.45) is -21.5. The summed E-state index contributed by atoms with van der Waals surface area (Å²) >= 11 is 0. The van der Waals surface area contributed by atoms with Crippen molar-refractivity contribution in [3.05, 3.63) is 36.0 Å². The Hall–Kier alpha value is -2.59. The van der Waals surface area contributed by atoms with Gasteiger partial charge < -0.3 is 180 Å². The summed E-state index contributed by atoms with van der Waals surface area (Å²) in [4.78, 5) is 11.4. The van der Waals surface area contributed by atoms with Gasteiger partial charge in [0.2, 0.25) is 0 Å². The zero-order chi connectivity index (χ0) is 101. The molecular formula is C107H160O38. The first-order valence-corrected chi connectivity index (χ1v) is 55.0. The minimum atomic E-state index is -1.96. The lowest BCUT2D eigenvalue weighted by molar-refractivity contribution is -0.404. The highest BCUT2D eigenvalue weighted by molar-refractivity contribution is 5.72. The second-order valence-electron chi connectivity index (χ2n) is 50.8. The number of hydrogen-bond donors (Lipinski definition) is 13. The first-order valence-electron chi connectivity index (χ1n) is 55.0. The van der Waals surface area contributed by atoms with Gasteiger partial charge in [0.25, 0.3) is 0 Å². The topological polar surface area (TPSA) is 502 Å². The molecule has 0 amide bonds. The van der Waals surface area contributed by atoms with Crippen LogP contribution >= 0.6 is 0 Å². The Kier molecular flexibility index (Phi) is 27.2. The summed E-state index contributed by atoms with van der Waals surface area (Å²) in [5.74, 6) is -0.138. The molecular weight excluding hydrogens is 1890 g/mol. The van der Waals surface area contributed by atoms with Crippen molar-refractivity contribution in [1.29, 1.82) is 0 Å². The molecule has 24 aliphatic heterocycles. The Morgan fingerprint density at radius 3 is 1.66 bits per heavy atom. The van der Waals surface area contributed by atoms with Crippen LogP contribution < -0.4 is 0 Å². The van der Waals surface area contributed by atoms with Gasteiger partial charge in [-0.3, -0.25) is 4.79 Å². The second kappa shape index (κ2) is 37.8. The highest BCUT2D eigenvalue weighted by Crippen LogP contribution is 2.62. The Balaban J connectivity index is 0.385. The Bertz CT molecular complexity index is 4770. The highest BCUT2D eigenvalue weighted by atomic mass is 16.7. The van der Waals surface area contributed by atoms with Crippen LogP contribution in [0.4, 0.5) is 0 Å². The van der Waals surface area contributed by atoms with E-state index in [2.05, 4.69) is 40.7 Å². The van der Waals surface area contributed by atoms with Gasteiger partial charge >= 0.3 is 0 Å². The number of rotatable bonds is 12. The number of aldehydes is 1. The third-order valence-electron chi connectivity index (χ3n) is 40.6. The molecule has 38 nitrogen and oxygen atoms in total. The van der Waals surface area contributed by atoms with Crippen molar-refractivity contribution < 1.29 is 185 Å². The first-order chi connectivity index (χ1) is 68.7. The average molecular weight is 2050 g/mol. The van der Waals surface area contributed by atoms with E-state index in [-0.39, 0.29) is 81.1 Å². The molecule has 0 aliphatic carbocycles. The Morgan fingerprint density at radius 2 is 0.917 bits per heavy atom. The maximum Gasteiger partial charge on any atom is 0.145 e. The third-order valence-corrected chi connectivity index (χ3v) is 40.6. The van der Waals surface area contributed by atoms with Gasteiger partial charge in [0.1, 0.15) is 102 Å². The molecule has 816 valence electrons. The molecule has 0 aromatic carbocycles. The molecule has 0 radical (unpaired) electrons. The zero-order valence-electron chi connectivity index (χ0n) is 85.7. The van der Waals surface area contributed by atoms with Gasteiger partial charge in [-0.25, -0.2) is 0 Å². The first kappa shape index (κ1) is 104. The van der Waals surface area contributed by atoms with Gasteiger partial charge in [-0.05, 0) is 134 Å². The normalized spacial score (nSPS) is 59.5. The lowest BCUT2D eigenvalue weighted by Gasteiger charge is -2.65. The van der Waals surface area contributed by atoms with Crippen molar-refractivity contribution in [2.45, 2.75) is 618 Å². The number of hydrogen-bond acceptors (Lipinski definition) is 38. The molecule has 13 N–H and O–H groups in total. The molecule has 24 rings (SSSR count). The predicted molar refractivity (Wildman–Crippen MR) is 500 cm³/mol. The van der Waals surface area contributed by atoms with Gasteiger partial charge in [0.05, 0.1) is 272 Å². The smallest absolute Gasteiger partial charge is 0.145 e. The van der Waals surface area contributed by atoms with Gasteiger partial charge in [0.15, 0.2) is 0 Å². The predicted octanol–water partition coefficient (Wildman–Crippen LogP) is 2.66. The van der Waals surface area contributed by atoms with Crippen LogP contribution in [0.1, 0.15) is 251 Å². The second-order valence-corrected chi connectivity index (χ2v) is 50.8. The molecule has 145 heavy (non-hydrogen) atoms. The molecule has 62 unspecified atom stereocenters. The van der Waals surface area contributed by atoms with Gasteiger partial charge in [-0.15, -0.1) is 0 Å². The van der Waals surface area contributed by atoms with Gasteiger partial charge in [0, 0.05) is 121 Å². The molecule has 24 heterocycles. The van der Waals surface area contributed by atoms with Crippen molar-refractivity contribution in [1.82, 2.24) is 0 Å². The van der Waals surface area contributed by atoms with Crippen LogP contribution in [0, 0.1) is 5.92 Å². The van der Waals surface area contributed by atoms with E-state index in [1.54, 1.807) is 13.8 Å². The third kappa shape index (κ3) is 17.8. The quantitative estimate of drug-likeness (QED) is 0.0759. The number of allylic oxidation sites excluding steroid dienone is 1. The SMILES string of the molecule is C/C(C=O)=C\CC1C=CC2(C)OC3(C)CC4OC5(C)C(CC4(C)OC3CCC2O1)OC1CC2OC3CC4OC6(C)CC(O)C7(C)OC8(C)C(O)CC9OC%10CC%11OC%12CC%13OC(CC(O)C(O)C%14OC(C(O)C%15OC%16CC%17OC%18CC%19OC(C%20C=CC(C(C)C(C)O)O%20)CC(O)C%19OC%18CC%17OC%16CC%15O)CC(O)C%14O)C(O)C(O)C%13OC%12(C)CCC%11OC%10CCC9OC8CC7OC6CC4(C)OC3(C)CC2OC1C5O. The van der Waals surface area contributed by atoms with Crippen LogP contribution in [0.15, 0.2) is 36.0 Å². The van der Waals surface area contributed by atoms with E-state index in [4.69, 9.17) is 114 Å². The Morgan fingerprint density at radius 1 is 0.366 bits per heavy atom. The van der Waals surface area contributed by atoms with E-state index in [1.165, 1.54) is 0 Å². The average Bonchev–Trinajstić information content (AvgIpc) is 1.64. The summed E-state index contributed by atoms with van der Waals surface area (Å²) in [5, 5.41) is 155. The van der Waals surface area contributed by atoms with Crippen molar-refractivity contribution >= 4 is 6.29 Å². The molecule has 0 bridgehead atoms. The summed E-state index contributed by atoms with van der Waals surface area (Å²) in [6.45, 7) is 25.5. The standard InChI is InChI=1S/C107H160O38/c1-45(44-108)14-15-48-22-24-99(5)77(122-48)20-21-78-103(9,143-99)42-85-101(7,139-78)43-86-107(13,141-85)97(121)95-72(133-86)34-67-74(137-95)39-102(8)80(132-67)37-81-104(10,144-102)41-84-100(6,140-81)40-76(115)106(12)83(138-84)38-82-105(11,145-106)75(114)35-68-56(130-82)19-18-55-60(126-68)30-61-57(124-55)23-25-98(4)79(131-61)36-73-94(142-98)91(120)89(118)69(129-73)26-49(110)87(116)96-88(117)50(111)27-70(136-96)90(119)93-52(113)29-59-65(135-93)31-63-62(125-59)32-66-64(127-63)33-71-92(134-66)51(112)28-58(128-71)54-17-16-53(123-54)46(2)47(3)109/h14,16-17,22,24,44,46-97,109-121H,15,18-21,23,25-43H2,1-13H3/b45-14+. The molecule has 38 heteroatoms. The van der Waals surface area contributed by atoms with E-state index in [1.807, 2.05) is 65.8 Å². The maximum absolute atomic E-state index is 12.9. The Labute approximate surface area is 846 Å². The fraction of sp³-hybridized carbons (Fsp3) is 0.935. The molecule has 0 spiro atoms. The van der Waals surface area contributed by atoms with Crippen LogP contribution in [-0.4, -0.2) is 440 Å². The number of aliphatic hydroxyl groups is 13. The largest absolute Gasteiger partial charge is 0.393 e. The molecule has 62 atom stereocenters. The number of ether oxygens (including phenoxy) is 24. The van der Waals surface area contributed by atoms with Crippen LogP contribution in [0.25, 0.3) is 0 Å². The minimum absolute atomic E-state index is 0.0560. The van der Waals surface area contributed by atoms with E-state index in [0.717, 1.165) is 6.29 Å². The van der Waals surface area contributed by atoms with Crippen molar-refractivity contribution in [3.63, 3.8) is 0 Å². The number of carbonyl (C=O) groups is 1. The van der Waals surface area contributed by atoms with Crippen LogP contribution in [0.5, 0.6) is 0 Å². The molecule has 24 aliphatic rings. The number of carbonyl (C=O) groups excluding carboxylic acids is 1. The minimum Gasteiger partial charge on any atom is -0.393 e. The monoisotopic (exact) mass is 2050 g/mol. The highest BCUT2D eigenvalue weighted by Gasteiger charge is 2.74. The van der Waals surface area contributed by atoms with Gasteiger partial charge in [-0.2, -0.15) is 0 Å². The molecule has 0 aromatic heterocycles.